The highest BCUT2D eigenvalue weighted by atomic mass is 35.5. The van der Waals surface area contributed by atoms with Crippen LogP contribution in [0.2, 0.25) is 0 Å². The van der Waals surface area contributed by atoms with Gasteiger partial charge in [0.05, 0.1) is 0 Å². The van der Waals surface area contributed by atoms with Crippen molar-refractivity contribution in [3.63, 3.8) is 0 Å². The van der Waals surface area contributed by atoms with E-state index in [0.29, 0.717) is 13.0 Å². The minimum Gasteiger partial charge on any atom is -0.480 e. The smallest absolute Gasteiger partial charge is 0.320 e. The number of hydrogen-bond acceptors (Lipinski definition) is 3. The molecule has 0 aliphatic heterocycles. The predicted octanol–water partition coefficient (Wildman–Crippen LogP) is 0.371. The van der Waals surface area contributed by atoms with Crippen molar-refractivity contribution in [2.45, 2.75) is 25.3 Å². The van der Waals surface area contributed by atoms with E-state index in [4.69, 9.17) is 16.6 Å². The molecule has 0 aromatic heterocycles. The number of unbranched alkanes of at least 4 members (excludes halogenated alkanes) is 1. The van der Waals surface area contributed by atoms with Crippen LogP contribution < -0.4 is 11.5 Å². The zero-order valence-corrected chi connectivity index (χ0v) is 8.37. The molecule has 0 saturated carbocycles. The average Bonchev–Trinajstić information content (AvgIpc) is 1.88. The lowest BCUT2D eigenvalue weighted by Crippen LogP contribution is -2.29. The number of nitrogens with two attached hydrogens (primary N) is 2. The molecule has 0 aliphatic rings. The predicted molar refractivity (Wildman–Crippen MR) is 53.0 cm³/mol. The molecular weight excluding hydrogens is 205 g/mol. The van der Waals surface area contributed by atoms with Crippen molar-refractivity contribution >= 4 is 30.8 Å². The normalized spacial score (nSPS) is 10.8. The molecule has 4 nitrogen and oxygen atoms in total. The first kappa shape index (κ1) is 17.9. The Labute approximate surface area is 84.5 Å². The van der Waals surface area contributed by atoms with Crippen LogP contribution in [0.1, 0.15) is 19.3 Å². The van der Waals surface area contributed by atoms with Gasteiger partial charge in [-0.05, 0) is 19.4 Å². The second-order valence-electron chi connectivity index (χ2n) is 2.23. The van der Waals surface area contributed by atoms with Gasteiger partial charge in [0.1, 0.15) is 6.04 Å². The molecule has 0 saturated heterocycles. The third-order valence-corrected chi connectivity index (χ3v) is 1.29. The molecule has 0 aromatic carbocycles. The van der Waals surface area contributed by atoms with Crippen LogP contribution in [-0.4, -0.2) is 23.7 Å². The Morgan fingerprint density at radius 3 is 2.17 bits per heavy atom. The number of halogens is 2. The van der Waals surface area contributed by atoms with E-state index < -0.39 is 12.0 Å². The monoisotopic (exact) mass is 220 g/mol. The van der Waals surface area contributed by atoms with Crippen LogP contribution in [0.5, 0.6) is 0 Å². The van der Waals surface area contributed by atoms with E-state index in [1.807, 2.05) is 0 Å². The molecule has 0 radical (unpaired) electrons. The SMILES string of the molecule is Cl.Cl.[15NH2]CCCCC([15NH2])C(=O)O. The molecule has 1 unspecified atom stereocenters. The lowest BCUT2D eigenvalue weighted by Gasteiger charge is -2.03. The molecule has 6 heteroatoms. The van der Waals surface area contributed by atoms with Crippen LogP contribution in [0.15, 0.2) is 0 Å². The first-order chi connectivity index (χ1) is 4.68. The second kappa shape index (κ2) is 11.0. The third kappa shape index (κ3) is 9.97. The van der Waals surface area contributed by atoms with Gasteiger partial charge in [-0.2, -0.15) is 0 Å². The van der Waals surface area contributed by atoms with E-state index in [1.165, 1.54) is 0 Å². The van der Waals surface area contributed by atoms with E-state index in [9.17, 15) is 4.79 Å². The maximum Gasteiger partial charge on any atom is 0.320 e. The summed E-state index contributed by atoms with van der Waals surface area (Å²) in [4.78, 5) is 10.1. The Balaban J connectivity index is -0.000000405. The zero-order chi connectivity index (χ0) is 7.98. The molecule has 0 spiro atoms. The highest BCUT2D eigenvalue weighted by Gasteiger charge is 2.09. The van der Waals surface area contributed by atoms with Crippen LogP contribution in [0, 0.1) is 0 Å². The molecule has 0 amide bonds. The lowest BCUT2D eigenvalue weighted by atomic mass is 10.1. The summed E-state index contributed by atoms with van der Waals surface area (Å²) < 4.78 is 0. The van der Waals surface area contributed by atoms with Crippen LogP contribution in [0.4, 0.5) is 0 Å². The maximum absolute atomic E-state index is 10.1. The molecule has 5 N–H and O–H groups in total. The molecule has 0 fully saturated rings. The fourth-order valence-corrected chi connectivity index (χ4v) is 0.632. The molecule has 12 heavy (non-hydrogen) atoms. The number of hydrogen-bond donors (Lipinski definition) is 3. The topological polar surface area (TPSA) is 89.3 Å². The molecular formula is C6H16Cl2N2O2. The average molecular weight is 221 g/mol. The highest BCUT2D eigenvalue weighted by molar-refractivity contribution is 5.85. The van der Waals surface area contributed by atoms with E-state index in [0.717, 1.165) is 12.8 Å². The zero-order valence-electron chi connectivity index (χ0n) is 6.73. The molecule has 76 valence electrons. The highest BCUT2D eigenvalue weighted by Crippen LogP contribution is 1.96. The molecule has 0 aliphatic carbocycles. The number of carboxylic acid groups (broad SMARTS) is 1. The van der Waals surface area contributed by atoms with Gasteiger partial charge in [-0.3, -0.25) is 4.79 Å². The van der Waals surface area contributed by atoms with Gasteiger partial charge in [-0.15, -0.1) is 24.8 Å². The standard InChI is InChI=1S/C6H14N2O2.2ClH/c7-4-2-1-3-5(8)6(9)10;;/h5H,1-4,7-8H2,(H,9,10);2*1H/i7+1,8+1;;. The number of rotatable bonds is 5. The van der Waals surface area contributed by atoms with Gasteiger partial charge in [0.15, 0.2) is 0 Å². The van der Waals surface area contributed by atoms with Crippen LogP contribution in [0.25, 0.3) is 0 Å². The minimum absolute atomic E-state index is 0. The van der Waals surface area contributed by atoms with Crippen LogP contribution in [0.3, 0.4) is 0 Å². The summed E-state index contributed by atoms with van der Waals surface area (Å²) in [6.45, 7) is 0.604. The Morgan fingerprint density at radius 2 is 1.83 bits per heavy atom. The van der Waals surface area contributed by atoms with Crippen molar-refractivity contribution in [2.75, 3.05) is 6.54 Å². The number of carboxylic acids is 1. The van der Waals surface area contributed by atoms with Crippen molar-refractivity contribution in [3.05, 3.63) is 0 Å². The first-order valence-corrected chi connectivity index (χ1v) is 3.37. The van der Waals surface area contributed by atoms with Gasteiger partial charge in [0, 0.05) is 0 Å². The van der Waals surface area contributed by atoms with E-state index in [-0.39, 0.29) is 24.8 Å². The Morgan fingerprint density at radius 1 is 1.33 bits per heavy atom. The van der Waals surface area contributed by atoms with Gasteiger partial charge in [-0.1, -0.05) is 6.42 Å². The van der Waals surface area contributed by atoms with E-state index >= 15 is 0 Å². The van der Waals surface area contributed by atoms with Gasteiger partial charge >= 0.3 is 5.97 Å². The summed E-state index contributed by atoms with van der Waals surface area (Å²) in [7, 11) is 0. The van der Waals surface area contributed by atoms with Crippen LogP contribution in [-0.2, 0) is 4.79 Å². The van der Waals surface area contributed by atoms with Gasteiger partial charge in [0.2, 0.25) is 0 Å². The quantitative estimate of drug-likeness (QED) is 0.462. The van der Waals surface area contributed by atoms with Crippen LogP contribution >= 0.6 is 24.8 Å². The second-order valence-corrected chi connectivity index (χ2v) is 2.23. The molecule has 1 atom stereocenters. The summed E-state index contributed by atoms with van der Waals surface area (Å²) >= 11 is 0. The van der Waals surface area contributed by atoms with Crippen molar-refractivity contribution in [2.24, 2.45) is 11.5 Å². The Bertz CT molecular complexity index is 114. The van der Waals surface area contributed by atoms with E-state index in [2.05, 4.69) is 0 Å². The summed E-state index contributed by atoms with van der Waals surface area (Å²) in [5, 5.41) is 8.33. The first-order valence-electron chi connectivity index (χ1n) is 3.37. The fourth-order valence-electron chi connectivity index (χ4n) is 0.632. The summed E-state index contributed by atoms with van der Waals surface area (Å²) in [5.41, 5.74) is 10.4. The minimum atomic E-state index is -0.933. The Hall–Kier alpha value is -0.0300. The van der Waals surface area contributed by atoms with Crippen molar-refractivity contribution < 1.29 is 9.90 Å². The Kier molecular flexibility index (Phi) is 16.4. The largest absolute Gasteiger partial charge is 0.480 e. The summed E-state index contributed by atoms with van der Waals surface area (Å²) in [5.74, 6) is -0.933. The van der Waals surface area contributed by atoms with Crippen molar-refractivity contribution in [1.82, 2.24) is 0 Å². The molecule has 0 aromatic rings. The summed E-state index contributed by atoms with van der Waals surface area (Å²) in [6.07, 6.45) is 2.16. The molecule has 0 bridgehead atoms. The van der Waals surface area contributed by atoms with Gasteiger partial charge in [0.25, 0.3) is 0 Å². The molecule has 0 rings (SSSR count). The number of aliphatic carboxylic acids is 1. The fraction of sp³-hybridized carbons (Fsp3) is 0.833. The van der Waals surface area contributed by atoms with Gasteiger partial charge < -0.3 is 16.6 Å². The van der Waals surface area contributed by atoms with Crippen molar-refractivity contribution in [3.8, 4) is 0 Å². The van der Waals surface area contributed by atoms with Crippen molar-refractivity contribution in [1.29, 1.82) is 0 Å². The van der Waals surface area contributed by atoms with Gasteiger partial charge in [-0.25, -0.2) is 0 Å². The number of carbonyl (C=O) groups is 1. The van der Waals surface area contributed by atoms with E-state index in [1.54, 1.807) is 0 Å². The lowest BCUT2D eigenvalue weighted by molar-refractivity contribution is -0.138. The summed E-state index contributed by atoms with van der Waals surface area (Å²) in [6, 6.07) is -0.716. The molecule has 0 heterocycles. The maximum atomic E-state index is 10.1. The third-order valence-electron chi connectivity index (χ3n) is 1.29.